The fourth-order valence-electron chi connectivity index (χ4n) is 3.84. The highest BCUT2D eigenvalue weighted by Gasteiger charge is 2.39. The summed E-state index contributed by atoms with van der Waals surface area (Å²) in [6.07, 6.45) is 6.83. The molecule has 3 atom stereocenters. The van der Waals surface area contributed by atoms with Crippen molar-refractivity contribution in [3.8, 4) is 6.19 Å². The van der Waals surface area contributed by atoms with Crippen LogP contribution < -0.4 is 0 Å². The van der Waals surface area contributed by atoms with Crippen LogP contribution in [0.25, 0.3) is 16.8 Å². The Morgan fingerprint density at radius 1 is 1.50 bits per heavy atom. The van der Waals surface area contributed by atoms with Crippen LogP contribution in [0.1, 0.15) is 37.9 Å². The average Bonchev–Trinajstić information content (AvgIpc) is 3.36. The lowest BCUT2D eigenvalue weighted by Gasteiger charge is -2.15. The molecule has 0 radical (unpaired) electrons. The Morgan fingerprint density at radius 3 is 3.12 bits per heavy atom. The minimum Gasteiger partial charge on any atom is -0.445 e. The van der Waals surface area contributed by atoms with E-state index in [9.17, 15) is 4.79 Å². The normalized spacial score (nSPS) is 22.6. The molecule has 0 bridgehead atoms. The Bertz CT molecular complexity index is 1000. The molecular weight excluding hydrogens is 334 g/mol. The molecule has 9 heteroatoms. The maximum absolute atomic E-state index is 11.9. The Kier molecular flexibility index (Phi) is 3.95. The number of rotatable bonds is 3. The zero-order valence-corrected chi connectivity index (χ0v) is 14.6. The van der Waals surface area contributed by atoms with E-state index in [1.165, 1.54) is 7.05 Å². The third-order valence-corrected chi connectivity index (χ3v) is 5.17. The van der Waals surface area contributed by atoms with Gasteiger partial charge in [0.1, 0.15) is 11.9 Å². The topological polar surface area (TPSA) is 112 Å². The molecule has 1 amide bonds. The van der Waals surface area contributed by atoms with E-state index in [4.69, 9.17) is 10.00 Å². The quantitative estimate of drug-likeness (QED) is 0.571. The number of aromatic nitrogens is 5. The fraction of sp³-hybridized carbons (Fsp3) is 0.471. The summed E-state index contributed by atoms with van der Waals surface area (Å²) in [7, 11) is 1.40. The summed E-state index contributed by atoms with van der Waals surface area (Å²) in [5, 5.41) is 17.5. The molecule has 1 fully saturated rings. The van der Waals surface area contributed by atoms with Crippen LogP contribution in [0.15, 0.2) is 18.5 Å². The standard InChI is InChI=1S/C17H19N7O2/c1-3-10-6-11(26-17(25)23(2)9-18)7-12(10)16-22-21-14-8-20-15-13(24(14)16)4-5-19-15/h4-5,8,10-12,19H,3,6-7H2,1-2H3/t10-,11+,12+/m1/s1. The van der Waals surface area contributed by atoms with Crippen molar-refractivity contribution in [2.24, 2.45) is 5.92 Å². The van der Waals surface area contributed by atoms with Gasteiger partial charge in [-0.3, -0.25) is 4.40 Å². The second kappa shape index (κ2) is 6.29. The third kappa shape index (κ3) is 2.54. The molecule has 4 rings (SSSR count). The summed E-state index contributed by atoms with van der Waals surface area (Å²) in [5.41, 5.74) is 2.41. The van der Waals surface area contributed by atoms with Gasteiger partial charge >= 0.3 is 6.09 Å². The van der Waals surface area contributed by atoms with Crippen molar-refractivity contribution < 1.29 is 9.53 Å². The van der Waals surface area contributed by atoms with Gasteiger partial charge in [-0.2, -0.15) is 5.26 Å². The molecule has 3 aromatic heterocycles. The number of carbonyl (C=O) groups excluding carboxylic acids is 1. The molecule has 134 valence electrons. The number of H-pyrrole nitrogens is 1. The van der Waals surface area contributed by atoms with Crippen molar-refractivity contribution in [1.82, 2.24) is 29.5 Å². The first kappa shape index (κ1) is 16.3. The minimum absolute atomic E-state index is 0.126. The largest absolute Gasteiger partial charge is 0.445 e. The molecule has 26 heavy (non-hydrogen) atoms. The van der Waals surface area contributed by atoms with Gasteiger partial charge in [0.15, 0.2) is 17.5 Å². The van der Waals surface area contributed by atoms with E-state index >= 15 is 0 Å². The second-order valence-electron chi connectivity index (χ2n) is 6.63. The number of aromatic amines is 1. The molecule has 0 saturated heterocycles. The Morgan fingerprint density at radius 2 is 2.35 bits per heavy atom. The number of amides is 1. The average molecular weight is 353 g/mol. The molecule has 1 saturated carbocycles. The molecule has 3 aromatic rings. The van der Waals surface area contributed by atoms with Crippen molar-refractivity contribution in [3.63, 3.8) is 0 Å². The van der Waals surface area contributed by atoms with E-state index in [0.717, 1.165) is 34.7 Å². The molecule has 0 aromatic carbocycles. The van der Waals surface area contributed by atoms with Crippen LogP contribution in [0.2, 0.25) is 0 Å². The van der Waals surface area contributed by atoms with E-state index in [1.54, 1.807) is 12.4 Å². The lowest BCUT2D eigenvalue weighted by atomic mass is 9.93. The van der Waals surface area contributed by atoms with E-state index in [1.807, 2.05) is 16.7 Å². The smallest absolute Gasteiger partial charge is 0.423 e. The molecular formula is C17H19N7O2. The summed E-state index contributed by atoms with van der Waals surface area (Å²) in [6.45, 7) is 2.12. The lowest BCUT2D eigenvalue weighted by molar-refractivity contribution is 0.0807. The maximum atomic E-state index is 11.9. The number of nitriles is 1. The highest BCUT2D eigenvalue weighted by molar-refractivity contribution is 5.74. The van der Waals surface area contributed by atoms with Gasteiger partial charge in [0.05, 0.1) is 11.7 Å². The first-order valence-electron chi connectivity index (χ1n) is 8.63. The maximum Gasteiger partial charge on any atom is 0.423 e. The number of hydrogen-bond acceptors (Lipinski definition) is 6. The first-order valence-corrected chi connectivity index (χ1v) is 8.63. The van der Waals surface area contributed by atoms with E-state index in [-0.39, 0.29) is 12.0 Å². The molecule has 9 nitrogen and oxygen atoms in total. The molecule has 0 unspecified atom stereocenters. The van der Waals surface area contributed by atoms with Crippen LogP contribution in [-0.4, -0.2) is 48.7 Å². The number of nitrogens with zero attached hydrogens (tertiary/aromatic N) is 6. The van der Waals surface area contributed by atoms with Crippen LogP contribution in [0, 0.1) is 17.4 Å². The highest BCUT2D eigenvalue weighted by atomic mass is 16.6. The number of carbonyl (C=O) groups is 1. The third-order valence-electron chi connectivity index (χ3n) is 5.17. The van der Waals surface area contributed by atoms with Gasteiger partial charge in [-0.25, -0.2) is 14.7 Å². The predicted molar refractivity (Wildman–Crippen MR) is 92.0 cm³/mol. The van der Waals surface area contributed by atoms with Gasteiger partial charge in [0, 0.05) is 19.2 Å². The van der Waals surface area contributed by atoms with Crippen LogP contribution in [0.4, 0.5) is 4.79 Å². The van der Waals surface area contributed by atoms with Crippen molar-refractivity contribution in [2.75, 3.05) is 7.05 Å². The van der Waals surface area contributed by atoms with E-state index in [2.05, 4.69) is 27.1 Å². The number of nitrogens with one attached hydrogen (secondary N) is 1. The Hall–Kier alpha value is -3.15. The Balaban J connectivity index is 1.67. The van der Waals surface area contributed by atoms with Crippen LogP contribution in [-0.2, 0) is 4.74 Å². The zero-order chi connectivity index (χ0) is 18.3. The number of fused-ring (bicyclic) bond motifs is 3. The van der Waals surface area contributed by atoms with Gasteiger partial charge in [-0.05, 0) is 24.8 Å². The molecule has 0 spiro atoms. The van der Waals surface area contributed by atoms with Gasteiger partial charge in [0.25, 0.3) is 0 Å². The van der Waals surface area contributed by atoms with Gasteiger partial charge < -0.3 is 9.72 Å². The minimum atomic E-state index is -0.615. The van der Waals surface area contributed by atoms with Gasteiger partial charge in [-0.15, -0.1) is 10.2 Å². The fourth-order valence-corrected chi connectivity index (χ4v) is 3.84. The summed E-state index contributed by atoms with van der Waals surface area (Å²) < 4.78 is 7.52. The van der Waals surface area contributed by atoms with Crippen LogP contribution in [0.5, 0.6) is 0 Å². The van der Waals surface area contributed by atoms with Crippen LogP contribution in [0.3, 0.4) is 0 Å². The monoisotopic (exact) mass is 353 g/mol. The van der Waals surface area contributed by atoms with Crippen molar-refractivity contribution in [2.45, 2.75) is 38.2 Å². The Labute approximate surface area is 149 Å². The lowest BCUT2D eigenvalue weighted by Crippen LogP contribution is -2.26. The molecule has 1 aliphatic carbocycles. The van der Waals surface area contributed by atoms with E-state index in [0.29, 0.717) is 18.0 Å². The molecule has 1 aliphatic rings. The van der Waals surface area contributed by atoms with Gasteiger partial charge in [0.2, 0.25) is 0 Å². The second-order valence-corrected chi connectivity index (χ2v) is 6.63. The van der Waals surface area contributed by atoms with E-state index < -0.39 is 6.09 Å². The highest BCUT2D eigenvalue weighted by Crippen LogP contribution is 2.42. The zero-order valence-electron chi connectivity index (χ0n) is 14.6. The SMILES string of the molecule is CC[C@@H]1C[C@H](OC(=O)N(C)C#N)C[C@@H]1c1nnc2cnc3[nH]ccc3n12. The number of ether oxygens (including phenoxy) is 1. The summed E-state index contributed by atoms with van der Waals surface area (Å²) >= 11 is 0. The number of hydrogen-bond donors (Lipinski definition) is 1. The van der Waals surface area contributed by atoms with Crippen molar-refractivity contribution in [3.05, 3.63) is 24.3 Å². The van der Waals surface area contributed by atoms with Crippen molar-refractivity contribution >= 4 is 22.9 Å². The summed E-state index contributed by atoms with van der Waals surface area (Å²) in [5.74, 6) is 1.32. The molecule has 0 aliphatic heterocycles. The van der Waals surface area contributed by atoms with Gasteiger partial charge in [-0.1, -0.05) is 13.3 Å². The van der Waals surface area contributed by atoms with Crippen molar-refractivity contribution in [1.29, 1.82) is 5.26 Å². The van der Waals surface area contributed by atoms with Crippen LogP contribution >= 0.6 is 0 Å². The summed E-state index contributed by atoms with van der Waals surface area (Å²) in [6, 6.07) is 1.96. The predicted octanol–water partition coefficient (Wildman–Crippen LogP) is 2.43. The molecule has 3 heterocycles. The molecule has 1 N–H and O–H groups in total. The summed E-state index contributed by atoms with van der Waals surface area (Å²) in [4.78, 5) is 20.3. The first-order chi connectivity index (χ1) is 12.6.